The third-order valence-corrected chi connectivity index (χ3v) is 5.09. The summed E-state index contributed by atoms with van der Waals surface area (Å²) in [5.41, 5.74) is -1.18. The third kappa shape index (κ3) is 3.63. The number of benzene rings is 1. The average Bonchev–Trinajstić information content (AvgIpc) is 3.02. The van der Waals surface area contributed by atoms with Gasteiger partial charge >= 0.3 is 6.36 Å². The van der Waals surface area contributed by atoms with Crippen molar-refractivity contribution in [3.05, 3.63) is 23.8 Å². The van der Waals surface area contributed by atoms with Crippen molar-refractivity contribution in [2.24, 2.45) is 0 Å². The molecule has 1 aromatic carbocycles. The zero-order valence-corrected chi connectivity index (χ0v) is 15.7. The quantitative estimate of drug-likeness (QED) is 0.758. The van der Waals surface area contributed by atoms with Gasteiger partial charge < -0.3 is 29.0 Å². The second kappa shape index (κ2) is 7.41. The summed E-state index contributed by atoms with van der Waals surface area (Å²) in [5, 5.41) is 11.1. The van der Waals surface area contributed by atoms with Gasteiger partial charge in [-0.25, -0.2) is 0 Å². The molecular weight excluding hydrogens is 383 g/mol. The minimum Gasteiger partial charge on any atom is -0.479 e. The lowest BCUT2D eigenvalue weighted by Gasteiger charge is -2.48. The highest BCUT2D eigenvalue weighted by Gasteiger charge is 2.55. The minimum atomic E-state index is -4.87. The van der Waals surface area contributed by atoms with Crippen molar-refractivity contribution >= 4 is 5.91 Å². The van der Waals surface area contributed by atoms with Crippen molar-refractivity contribution in [3.63, 3.8) is 0 Å². The van der Waals surface area contributed by atoms with Gasteiger partial charge in [0.05, 0.1) is 6.04 Å². The number of aliphatic hydroxyl groups is 1. The molecule has 0 spiro atoms. The van der Waals surface area contributed by atoms with E-state index >= 15 is 0 Å². The summed E-state index contributed by atoms with van der Waals surface area (Å²) in [6.45, 7) is 1.93. The Labute approximate surface area is 159 Å². The highest BCUT2D eigenvalue weighted by Crippen LogP contribution is 2.47. The van der Waals surface area contributed by atoms with Crippen molar-refractivity contribution in [1.82, 2.24) is 4.90 Å². The molecule has 0 saturated carbocycles. The maximum Gasteiger partial charge on any atom is 0.573 e. The Morgan fingerprint density at radius 2 is 2.00 bits per heavy atom. The van der Waals surface area contributed by atoms with Crippen LogP contribution in [0.4, 0.5) is 13.2 Å². The smallest absolute Gasteiger partial charge is 0.479 e. The number of fused-ring (bicyclic) bond motifs is 1. The number of hydrogen-bond donors (Lipinski definition) is 1. The molecular formula is C18H22F3NO6. The van der Waals surface area contributed by atoms with Crippen LogP contribution in [0.2, 0.25) is 0 Å². The summed E-state index contributed by atoms with van der Waals surface area (Å²) in [5.74, 6) is -0.448. The number of hydrogen-bond acceptors (Lipinski definition) is 6. The lowest BCUT2D eigenvalue weighted by atomic mass is 9.83. The molecule has 0 aromatic heterocycles. The summed E-state index contributed by atoms with van der Waals surface area (Å²) in [6.07, 6.45) is -6.29. The Hall–Kier alpha value is -2.04. The molecule has 1 amide bonds. The van der Waals surface area contributed by atoms with E-state index < -0.39 is 36.1 Å². The van der Waals surface area contributed by atoms with Crippen LogP contribution in [0.1, 0.15) is 31.4 Å². The molecule has 7 nitrogen and oxygen atoms in total. The van der Waals surface area contributed by atoms with E-state index in [-0.39, 0.29) is 17.2 Å². The standard InChI is InChI=1S/C18H22F3NO6/c1-17(16(25-2)26-3)15(24)14(22-8-4-5-13(22)23)11-9-10(27-18(19,20)21)6-7-12(11)28-17/h6-7,9,14-16,24H,4-5,8H2,1-3H3. The summed E-state index contributed by atoms with van der Waals surface area (Å²) >= 11 is 0. The number of rotatable bonds is 5. The van der Waals surface area contributed by atoms with Crippen molar-refractivity contribution in [2.75, 3.05) is 20.8 Å². The predicted molar refractivity (Wildman–Crippen MR) is 89.7 cm³/mol. The van der Waals surface area contributed by atoms with Crippen molar-refractivity contribution in [2.45, 2.75) is 50.2 Å². The van der Waals surface area contributed by atoms with Gasteiger partial charge in [-0.15, -0.1) is 13.2 Å². The fourth-order valence-electron chi connectivity index (χ4n) is 3.88. The SMILES string of the molecule is COC(OC)C1(C)Oc2ccc(OC(F)(F)F)cc2C(N2CCCC2=O)C1O. The van der Waals surface area contributed by atoms with Gasteiger partial charge in [0.25, 0.3) is 0 Å². The Balaban J connectivity index is 2.09. The van der Waals surface area contributed by atoms with Crippen molar-refractivity contribution < 1.29 is 42.0 Å². The van der Waals surface area contributed by atoms with Crippen LogP contribution < -0.4 is 9.47 Å². The Kier molecular flexibility index (Phi) is 5.48. The minimum absolute atomic E-state index is 0.201. The third-order valence-electron chi connectivity index (χ3n) is 5.09. The molecule has 3 rings (SSSR count). The van der Waals surface area contributed by atoms with Crippen molar-refractivity contribution in [3.8, 4) is 11.5 Å². The lowest BCUT2D eigenvalue weighted by Crippen LogP contribution is -2.62. The first kappa shape index (κ1) is 20.7. The first-order valence-corrected chi connectivity index (χ1v) is 8.72. The van der Waals surface area contributed by atoms with E-state index in [4.69, 9.17) is 14.2 Å². The monoisotopic (exact) mass is 405 g/mol. The van der Waals surface area contributed by atoms with Gasteiger partial charge in [-0.05, 0) is 31.5 Å². The zero-order chi connectivity index (χ0) is 20.7. The number of carbonyl (C=O) groups excluding carboxylic acids is 1. The number of halogens is 3. The first-order chi connectivity index (χ1) is 13.1. The highest BCUT2D eigenvalue weighted by molar-refractivity contribution is 5.79. The summed E-state index contributed by atoms with van der Waals surface area (Å²) in [4.78, 5) is 13.8. The molecule has 3 unspecified atom stereocenters. The Morgan fingerprint density at radius 1 is 1.32 bits per heavy atom. The fraction of sp³-hybridized carbons (Fsp3) is 0.611. The zero-order valence-electron chi connectivity index (χ0n) is 15.7. The number of carbonyl (C=O) groups is 1. The van der Waals surface area contributed by atoms with Gasteiger partial charge in [0.1, 0.15) is 17.6 Å². The van der Waals surface area contributed by atoms with E-state index in [1.807, 2.05) is 0 Å². The normalized spacial score (nSPS) is 27.7. The van der Waals surface area contributed by atoms with Crippen LogP contribution in [0.25, 0.3) is 0 Å². The molecule has 0 radical (unpaired) electrons. The fourth-order valence-corrected chi connectivity index (χ4v) is 3.88. The molecule has 3 atom stereocenters. The number of likely N-dealkylation sites (tertiary alicyclic amines) is 1. The van der Waals surface area contributed by atoms with Crippen LogP contribution in [0, 0.1) is 0 Å². The summed E-state index contributed by atoms with van der Waals surface area (Å²) < 4.78 is 58.3. The predicted octanol–water partition coefficient (Wildman–Crippen LogP) is 2.38. The Morgan fingerprint density at radius 3 is 2.54 bits per heavy atom. The highest BCUT2D eigenvalue weighted by atomic mass is 19.4. The van der Waals surface area contributed by atoms with Crippen LogP contribution in [-0.4, -0.2) is 61.0 Å². The summed E-state index contributed by atoms with van der Waals surface area (Å²) in [7, 11) is 2.75. The van der Waals surface area contributed by atoms with Crippen LogP contribution in [0.3, 0.4) is 0 Å². The Bertz CT molecular complexity index is 739. The van der Waals surface area contributed by atoms with Crippen LogP contribution in [0.15, 0.2) is 18.2 Å². The maximum atomic E-state index is 12.6. The number of ether oxygens (including phenoxy) is 4. The lowest BCUT2D eigenvalue weighted by molar-refractivity contribution is -0.274. The number of alkyl halides is 3. The molecule has 156 valence electrons. The molecule has 1 saturated heterocycles. The molecule has 2 heterocycles. The topological polar surface area (TPSA) is 77.5 Å². The van der Waals surface area contributed by atoms with Crippen LogP contribution >= 0.6 is 0 Å². The molecule has 2 aliphatic rings. The molecule has 28 heavy (non-hydrogen) atoms. The molecule has 1 aromatic rings. The van der Waals surface area contributed by atoms with E-state index in [9.17, 15) is 23.1 Å². The van der Waals surface area contributed by atoms with Crippen LogP contribution in [0.5, 0.6) is 11.5 Å². The molecule has 1 N–H and O–H groups in total. The maximum absolute atomic E-state index is 12.6. The van der Waals surface area contributed by atoms with Gasteiger partial charge in [-0.2, -0.15) is 0 Å². The van der Waals surface area contributed by atoms with E-state index in [0.29, 0.717) is 19.4 Å². The number of methoxy groups -OCH3 is 2. The average molecular weight is 405 g/mol. The summed E-state index contributed by atoms with van der Waals surface area (Å²) in [6, 6.07) is 2.63. The number of amides is 1. The number of aliphatic hydroxyl groups excluding tert-OH is 1. The van der Waals surface area contributed by atoms with Gasteiger partial charge in [0, 0.05) is 32.7 Å². The van der Waals surface area contributed by atoms with Gasteiger partial charge in [-0.3, -0.25) is 4.79 Å². The second-order valence-electron chi connectivity index (χ2n) is 6.92. The molecule has 0 aliphatic carbocycles. The van der Waals surface area contributed by atoms with Gasteiger partial charge in [0.15, 0.2) is 11.9 Å². The largest absolute Gasteiger partial charge is 0.573 e. The van der Waals surface area contributed by atoms with E-state index in [1.54, 1.807) is 6.92 Å². The van der Waals surface area contributed by atoms with E-state index in [1.165, 1.54) is 25.2 Å². The van der Waals surface area contributed by atoms with Gasteiger partial charge in [0.2, 0.25) is 5.91 Å². The number of nitrogens with zero attached hydrogens (tertiary/aromatic N) is 1. The second-order valence-corrected chi connectivity index (χ2v) is 6.92. The molecule has 1 fully saturated rings. The van der Waals surface area contributed by atoms with E-state index in [0.717, 1.165) is 12.1 Å². The molecule has 10 heteroatoms. The molecule has 0 bridgehead atoms. The van der Waals surface area contributed by atoms with Crippen LogP contribution in [-0.2, 0) is 14.3 Å². The van der Waals surface area contributed by atoms with E-state index in [2.05, 4.69) is 4.74 Å². The van der Waals surface area contributed by atoms with Gasteiger partial charge in [-0.1, -0.05) is 0 Å². The first-order valence-electron chi connectivity index (χ1n) is 8.72. The van der Waals surface area contributed by atoms with Crippen molar-refractivity contribution in [1.29, 1.82) is 0 Å². The molecule has 2 aliphatic heterocycles.